The van der Waals surface area contributed by atoms with Crippen molar-refractivity contribution in [3.8, 4) is 0 Å². The molecule has 1 N–H and O–H groups in total. The summed E-state index contributed by atoms with van der Waals surface area (Å²) >= 11 is 0. The molecule has 138 valence electrons. The zero-order chi connectivity index (χ0) is 19.0. The quantitative estimate of drug-likeness (QED) is 0.719. The summed E-state index contributed by atoms with van der Waals surface area (Å²) in [4.78, 5) is 35.1. The molecule has 1 saturated heterocycles. The topological polar surface area (TPSA) is 66.1 Å². The van der Waals surface area contributed by atoms with Crippen LogP contribution in [0, 0.1) is 19.8 Å². The van der Waals surface area contributed by atoms with Gasteiger partial charge in [0.1, 0.15) is 11.4 Å². The van der Waals surface area contributed by atoms with Crippen LogP contribution < -0.4 is 0 Å². The Kier molecular flexibility index (Phi) is 4.52. The highest BCUT2D eigenvalue weighted by Gasteiger charge is 2.31. The molecule has 0 radical (unpaired) electrons. The van der Waals surface area contributed by atoms with Gasteiger partial charge in [0.05, 0.1) is 0 Å². The van der Waals surface area contributed by atoms with Gasteiger partial charge < -0.3 is 9.88 Å². The van der Waals surface area contributed by atoms with Gasteiger partial charge in [0.15, 0.2) is 5.78 Å². The second kappa shape index (κ2) is 6.99. The van der Waals surface area contributed by atoms with Crippen LogP contribution in [0.25, 0.3) is 10.9 Å². The van der Waals surface area contributed by atoms with Gasteiger partial charge >= 0.3 is 0 Å². The second-order valence-corrected chi connectivity index (χ2v) is 7.34. The van der Waals surface area contributed by atoms with Crippen LogP contribution in [0.1, 0.15) is 44.9 Å². The number of carbonyl (C=O) groups excluding carboxylic acids is 2. The van der Waals surface area contributed by atoms with E-state index in [0.29, 0.717) is 24.5 Å². The molecule has 3 heterocycles. The number of likely N-dealkylation sites (tertiary alicyclic amines) is 1. The first-order valence-corrected chi connectivity index (χ1v) is 9.38. The van der Waals surface area contributed by atoms with Crippen LogP contribution in [0.4, 0.5) is 0 Å². The van der Waals surface area contributed by atoms with Crippen LogP contribution in [0.5, 0.6) is 0 Å². The molecule has 1 aliphatic rings. The number of aromatic nitrogens is 2. The Bertz CT molecular complexity index is 1010. The second-order valence-electron chi connectivity index (χ2n) is 7.34. The maximum Gasteiger partial charge on any atom is 0.270 e. The number of benzene rings is 1. The number of hydrogen-bond acceptors (Lipinski definition) is 3. The molecule has 3 aromatic rings. The van der Waals surface area contributed by atoms with E-state index in [1.54, 1.807) is 23.2 Å². The number of fused-ring (bicyclic) bond motifs is 1. The molecule has 2 aromatic heterocycles. The number of Topliss-reactive ketones (excluding diaryl/α,β-unsaturated/α-hetero) is 1. The summed E-state index contributed by atoms with van der Waals surface area (Å²) in [6, 6.07) is 11.5. The van der Waals surface area contributed by atoms with E-state index in [2.05, 4.69) is 16.0 Å². The molecule has 0 unspecified atom stereocenters. The standard InChI is InChI=1S/C22H23N3O2/c1-14-8-9-18-17(12-14)15(2)20(24-18)22(27)25-11-5-6-16(13-25)21(26)19-7-3-4-10-23-19/h3-4,7-10,12,16,24H,5-6,11,13H2,1-2H3/t16-/m0/s1. The summed E-state index contributed by atoms with van der Waals surface area (Å²) in [5.41, 5.74) is 4.22. The molecule has 5 nitrogen and oxygen atoms in total. The number of nitrogens with one attached hydrogen (secondary N) is 1. The monoisotopic (exact) mass is 361 g/mol. The van der Waals surface area contributed by atoms with Crippen molar-refractivity contribution in [2.75, 3.05) is 13.1 Å². The Labute approximate surface area is 158 Å². The van der Waals surface area contributed by atoms with Gasteiger partial charge in [-0.3, -0.25) is 14.6 Å². The maximum atomic E-state index is 13.1. The zero-order valence-corrected chi connectivity index (χ0v) is 15.7. The number of carbonyl (C=O) groups is 2. The number of nitrogens with zero attached hydrogens (tertiary/aromatic N) is 2. The molecule has 0 aliphatic carbocycles. The van der Waals surface area contributed by atoms with Gasteiger partial charge in [0.2, 0.25) is 0 Å². The third kappa shape index (κ3) is 3.25. The lowest BCUT2D eigenvalue weighted by Crippen LogP contribution is -2.42. The van der Waals surface area contributed by atoms with Crippen molar-refractivity contribution >= 4 is 22.6 Å². The van der Waals surface area contributed by atoms with Crippen LogP contribution in [0.3, 0.4) is 0 Å². The van der Waals surface area contributed by atoms with Crippen molar-refractivity contribution in [2.24, 2.45) is 5.92 Å². The van der Waals surface area contributed by atoms with E-state index < -0.39 is 0 Å². The number of rotatable bonds is 3. The zero-order valence-electron chi connectivity index (χ0n) is 15.7. The molecular formula is C22H23N3O2. The number of piperidine rings is 1. The molecule has 1 fully saturated rings. The predicted octanol–water partition coefficient (Wildman–Crippen LogP) is 3.91. The fraction of sp³-hybridized carbons (Fsp3) is 0.318. The first-order chi connectivity index (χ1) is 13.0. The van der Waals surface area contributed by atoms with Crippen molar-refractivity contribution in [1.82, 2.24) is 14.9 Å². The van der Waals surface area contributed by atoms with Crippen molar-refractivity contribution in [2.45, 2.75) is 26.7 Å². The number of aromatic amines is 1. The number of pyridine rings is 1. The third-order valence-electron chi connectivity index (χ3n) is 5.42. The Hall–Kier alpha value is -2.95. The number of H-pyrrole nitrogens is 1. The van der Waals surface area contributed by atoms with Gasteiger partial charge in [-0.15, -0.1) is 0 Å². The smallest absolute Gasteiger partial charge is 0.270 e. The van der Waals surface area contributed by atoms with E-state index in [4.69, 9.17) is 0 Å². The fourth-order valence-electron chi connectivity index (χ4n) is 3.91. The Morgan fingerprint density at radius 2 is 2.04 bits per heavy atom. The molecular weight excluding hydrogens is 338 g/mol. The number of amides is 1. The van der Waals surface area contributed by atoms with Crippen molar-refractivity contribution < 1.29 is 9.59 Å². The van der Waals surface area contributed by atoms with Crippen LogP contribution in [-0.4, -0.2) is 39.6 Å². The Morgan fingerprint density at radius 1 is 1.19 bits per heavy atom. The molecule has 0 saturated carbocycles. The predicted molar refractivity (Wildman–Crippen MR) is 105 cm³/mol. The molecule has 0 bridgehead atoms. The average Bonchev–Trinajstić information content (AvgIpc) is 3.03. The molecule has 1 atom stereocenters. The fourth-order valence-corrected chi connectivity index (χ4v) is 3.91. The summed E-state index contributed by atoms with van der Waals surface area (Å²) in [6.07, 6.45) is 3.26. The molecule has 5 heteroatoms. The van der Waals surface area contributed by atoms with Gasteiger partial charge in [-0.25, -0.2) is 0 Å². The van der Waals surface area contributed by atoms with Crippen LogP contribution >= 0.6 is 0 Å². The minimum Gasteiger partial charge on any atom is -0.350 e. The molecule has 1 aromatic carbocycles. The van der Waals surface area contributed by atoms with E-state index in [9.17, 15) is 9.59 Å². The molecule has 1 amide bonds. The lowest BCUT2D eigenvalue weighted by molar-refractivity contribution is 0.0631. The number of aryl methyl sites for hydroxylation is 2. The molecule has 4 rings (SSSR count). The van der Waals surface area contributed by atoms with Gasteiger partial charge in [-0.05, 0) is 56.5 Å². The molecule has 27 heavy (non-hydrogen) atoms. The van der Waals surface area contributed by atoms with E-state index in [0.717, 1.165) is 29.3 Å². The first-order valence-electron chi connectivity index (χ1n) is 9.38. The summed E-state index contributed by atoms with van der Waals surface area (Å²) in [6.45, 7) is 5.15. The van der Waals surface area contributed by atoms with E-state index in [1.165, 1.54) is 5.56 Å². The normalized spacial score (nSPS) is 17.3. The molecule has 0 spiro atoms. The van der Waals surface area contributed by atoms with Gasteiger partial charge in [-0.1, -0.05) is 17.7 Å². The highest BCUT2D eigenvalue weighted by Crippen LogP contribution is 2.26. The minimum atomic E-state index is -0.190. The lowest BCUT2D eigenvalue weighted by atomic mass is 9.91. The largest absolute Gasteiger partial charge is 0.350 e. The van der Waals surface area contributed by atoms with Crippen molar-refractivity contribution in [1.29, 1.82) is 0 Å². The summed E-state index contributed by atoms with van der Waals surface area (Å²) in [5.74, 6) is -0.193. The average molecular weight is 361 g/mol. The van der Waals surface area contributed by atoms with E-state index in [1.807, 2.05) is 32.0 Å². The highest BCUT2D eigenvalue weighted by atomic mass is 16.2. The Balaban J connectivity index is 1.57. The number of ketones is 1. The van der Waals surface area contributed by atoms with Crippen molar-refractivity contribution in [3.05, 3.63) is 65.1 Å². The first kappa shape index (κ1) is 17.5. The van der Waals surface area contributed by atoms with E-state index >= 15 is 0 Å². The van der Waals surface area contributed by atoms with E-state index in [-0.39, 0.29) is 17.6 Å². The SMILES string of the molecule is Cc1ccc2[nH]c(C(=O)N3CCC[C@H](C(=O)c4ccccn4)C3)c(C)c2c1. The minimum absolute atomic E-state index is 0.0251. The van der Waals surface area contributed by atoms with Gasteiger partial charge in [-0.2, -0.15) is 0 Å². The van der Waals surface area contributed by atoms with Crippen molar-refractivity contribution in [3.63, 3.8) is 0 Å². The number of hydrogen-bond donors (Lipinski definition) is 1. The lowest BCUT2D eigenvalue weighted by Gasteiger charge is -2.31. The van der Waals surface area contributed by atoms with Crippen LogP contribution in [0.2, 0.25) is 0 Å². The highest BCUT2D eigenvalue weighted by molar-refractivity contribution is 6.02. The summed E-state index contributed by atoms with van der Waals surface area (Å²) in [7, 11) is 0. The van der Waals surface area contributed by atoms with Gasteiger partial charge in [0.25, 0.3) is 5.91 Å². The van der Waals surface area contributed by atoms with Crippen LogP contribution in [0.15, 0.2) is 42.6 Å². The molecule has 1 aliphatic heterocycles. The Morgan fingerprint density at radius 3 is 2.81 bits per heavy atom. The third-order valence-corrected chi connectivity index (χ3v) is 5.42. The summed E-state index contributed by atoms with van der Waals surface area (Å²) in [5, 5.41) is 1.08. The van der Waals surface area contributed by atoms with Gasteiger partial charge in [0, 0.05) is 36.1 Å². The summed E-state index contributed by atoms with van der Waals surface area (Å²) < 4.78 is 0. The maximum absolute atomic E-state index is 13.1. The van der Waals surface area contributed by atoms with Crippen LogP contribution in [-0.2, 0) is 0 Å².